The molecule has 0 radical (unpaired) electrons. The number of sulfone groups is 1. The van der Waals surface area contributed by atoms with Crippen molar-refractivity contribution in [3.63, 3.8) is 0 Å². The molecule has 1 aromatic rings. The van der Waals surface area contributed by atoms with Crippen LogP contribution >= 0.6 is 0 Å². The summed E-state index contributed by atoms with van der Waals surface area (Å²) < 4.78 is 22.9. The van der Waals surface area contributed by atoms with Crippen molar-refractivity contribution in [1.29, 1.82) is 0 Å². The van der Waals surface area contributed by atoms with Gasteiger partial charge in [-0.2, -0.15) is 0 Å². The Morgan fingerprint density at radius 3 is 2.50 bits per heavy atom. The summed E-state index contributed by atoms with van der Waals surface area (Å²) in [7, 11) is -2.99. The first-order chi connectivity index (χ1) is 10.3. The number of rotatable bonds is 4. The van der Waals surface area contributed by atoms with Crippen LogP contribution < -0.4 is 10.6 Å². The average Bonchev–Trinajstić information content (AvgIpc) is 2.76. The molecule has 22 heavy (non-hydrogen) atoms. The molecule has 0 saturated carbocycles. The number of nitrogens with one attached hydrogen (secondary N) is 2. The van der Waals surface area contributed by atoms with Crippen LogP contribution in [0.15, 0.2) is 24.3 Å². The van der Waals surface area contributed by atoms with Gasteiger partial charge in [-0.3, -0.25) is 0 Å². The van der Waals surface area contributed by atoms with Crippen molar-refractivity contribution in [2.75, 3.05) is 11.5 Å². The normalized spacial score (nSPS) is 21.5. The molecule has 1 aliphatic rings. The van der Waals surface area contributed by atoms with Crippen LogP contribution in [0.25, 0.3) is 0 Å². The monoisotopic (exact) mass is 324 g/mol. The van der Waals surface area contributed by atoms with E-state index in [9.17, 15) is 13.2 Å². The molecule has 2 N–H and O–H groups in total. The number of carbonyl (C=O) groups excluding carboxylic acids is 1. The van der Waals surface area contributed by atoms with Gasteiger partial charge in [-0.15, -0.1) is 0 Å². The minimum Gasteiger partial charge on any atom is -0.334 e. The molecule has 1 aliphatic heterocycles. The maximum atomic E-state index is 12.2. The summed E-state index contributed by atoms with van der Waals surface area (Å²) in [6, 6.07) is 7.28. The third kappa shape index (κ3) is 4.22. The van der Waals surface area contributed by atoms with Crippen molar-refractivity contribution in [1.82, 2.24) is 10.6 Å². The van der Waals surface area contributed by atoms with E-state index in [1.165, 1.54) is 0 Å². The van der Waals surface area contributed by atoms with Gasteiger partial charge in [0.25, 0.3) is 0 Å². The van der Waals surface area contributed by atoms with Gasteiger partial charge in [0, 0.05) is 6.04 Å². The molecule has 6 heteroatoms. The van der Waals surface area contributed by atoms with Crippen LogP contribution in [0.2, 0.25) is 0 Å². The molecule has 0 aliphatic carbocycles. The third-order valence-electron chi connectivity index (χ3n) is 4.04. The Morgan fingerprint density at radius 2 is 1.95 bits per heavy atom. The molecule has 2 atom stereocenters. The van der Waals surface area contributed by atoms with Crippen molar-refractivity contribution >= 4 is 15.9 Å². The van der Waals surface area contributed by atoms with Crippen LogP contribution in [0, 0.1) is 12.8 Å². The van der Waals surface area contributed by atoms with Crippen LogP contribution in [-0.4, -0.2) is 32.0 Å². The topological polar surface area (TPSA) is 75.3 Å². The minimum absolute atomic E-state index is 0.0388. The lowest BCUT2D eigenvalue weighted by Gasteiger charge is -2.25. The Hall–Kier alpha value is -1.56. The first kappa shape index (κ1) is 16.8. The highest BCUT2D eigenvalue weighted by Gasteiger charge is 2.29. The average molecular weight is 324 g/mol. The van der Waals surface area contributed by atoms with E-state index in [0.29, 0.717) is 6.42 Å². The van der Waals surface area contributed by atoms with E-state index in [1.807, 2.05) is 31.2 Å². The van der Waals surface area contributed by atoms with E-state index in [0.717, 1.165) is 11.1 Å². The highest BCUT2D eigenvalue weighted by molar-refractivity contribution is 7.91. The molecule has 1 fully saturated rings. The van der Waals surface area contributed by atoms with Crippen molar-refractivity contribution in [2.24, 2.45) is 5.92 Å². The van der Waals surface area contributed by atoms with E-state index in [4.69, 9.17) is 0 Å². The standard InChI is InChI=1S/C16H24N2O3S/c1-11(2)15(14-7-5-4-6-12(14)3)18-16(19)17-13-8-9-22(20,21)10-13/h4-7,11,13,15H,8-10H2,1-3H3,(H2,17,18,19)/t13-,15+/m0/s1. The summed E-state index contributed by atoms with van der Waals surface area (Å²) in [6.07, 6.45) is 0.493. The van der Waals surface area contributed by atoms with Crippen molar-refractivity contribution in [3.05, 3.63) is 35.4 Å². The molecular weight excluding hydrogens is 300 g/mol. The van der Waals surface area contributed by atoms with Gasteiger partial charge in [-0.1, -0.05) is 38.1 Å². The van der Waals surface area contributed by atoms with Gasteiger partial charge < -0.3 is 10.6 Å². The highest BCUT2D eigenvalue weighted by atomic mass is 32.2. The van der Waals surface area contributed by atoms with E-state index >= 15 is 0 Å². The molecule has 1 heterocycles. The molecule has 2 rings (SSSR count). The van der Waals surface area contributed by atoms with Crippen LogP contribution in [0.4, 0.5) is 4.79 Å². The number of benzene rings is 1. The summed E-state index contributed by atoms with van der Waals surface area (Å²) in [5, 5.41) is 5.76. The highest BCUT2D eigenvalue weighted by Crippen LogP contribution is 2.24. The third-order valence-corrected chi connectivity index (χ3v) is 5.81. The van der Waals surface area contributed by atoms with Crippen molar-refractivity contribution in [2.45, 2.75) is 39.3 Å². The Balaban J connectivity index is 2.03. The zero-order valence-corrected chi connectivity index (χ0v) is 14.1. The molecule has 0 unspecified atom stereocenters. The van der Waals surface area contributed by atoms with E-state index in [2.05, 4.69) is 24.5 Å². The lowest BCUT2D eigenvalue weighted by molar-refractivity contribution is 0.230. The second-order valence-electron chi connectivity index (χ2n) is 6.30. The predicted octanol–water partition coefficient (Wildman–Crippen LogP) is 2.18. The van der Waals surface area contributed by atoms with Crippen molar-refractivity contribution < 1.29 is 13.2 Å². The summed E-state index contributed by atoms with van der Waals surface area (Å²) in [5.74, 6) is 0.430. The minimum atomic E-state index is -2.99. The van der Waals surface area contributed by atoms with Crippen LogP contribution in [-0.2, 0) is 9.84 Å². The van der Waals surface area contributed by atoms with Gasteiger partial charge in [0.2, 0.25) is 0 Å². The second kappa shape index (κ2) is 6.69. The van der Waals surface area contributed by atoms with E-state index in [-0.39, 0.29) is 35.5 Å². The fourth-order valence-corrected chi connectivity index (χ4v) is 4.49. The first-order valence-corrected chi connectivity index (χ1v) is 9.43. The maximum Gasteiger partial charge on any atom is 0.315 e. The molecule has 0 spiro atoms. The zero-order valence-electron chi connectivity index (χ0n) is 13.3. The van der Waals surface area contributed by atoms with Crippen LogP contribution in [0.5, 0.6) is 0 Å². The summed E-state index contributed by atoms with van der Waals surface area (Å²) in [6.45, 7) is 6.13. The van der Waals surface area contributed by atoms with Gasteiger partial charge in [-0.25, -0.2) is 13.2 Å². The molecule has 2 amide bonds. The molecule has 5 nitrogen and oxygen atoms in total. The number of aryl methyl sites for hydroxylation is 1. The number of carbonyl (C=O) groups is 1. The van der Waals surface area contributed by atoms with Gasteiger partial charge >= 0.3 is 6.03 Å². The summed E-state index contributed by atoms with van der Waals surface area (Å²) >= 11 is 0. The maximum absolute atomic E-state index is 12.2. The predicted molar refractivity (Wildman–Crippen MR) is 87.5 cm³/mol. The first-order valence-electron chi connectivity index (χ1n) is 7.61. The zero-order chi connectivity index (χ0) is 16.3. The lowest BCUT2D eigenvalue weighted by atomic mass is 9.93. The van der Waals surface area contributed by atoms with Gasteiger partial charge in [-0.05, 0) is 30.4 Å². The Bertz CT molecular complexity index is 641. The quantitative estimate of drug-likeness (QED) is 0.891. The van der Waals surface area contributed by atoms with Crippen LogP contribution in [0.3, 0.4) is 0 Å². The van der Waals surface area contributed by atoms with Crippen LogP contribution in [0.1, 0.15) is 37.4 Å². The number of hydrogen-bond donors (Lipinski definition) is 2. The van der Waals surface area contributed by atoms with E-state index in [1.54, 1.807) is 0 Å². The lowest BCUT2D eigenvalue weighted by Crippen LogP contribution is -2.45. The molecule has 122 valence electrons. The Kier molecular flexibility index (Phi) is 5.11. The molecule has 1 saturated heterocycles. The number of amides is 2. The van der Waals surface area contributed by atoms with Gasteiger partial charge in [0.05, 0.1) is 17.5 Å². The molecular formula is C16H24N2O3S. The Labute approximate surface area is 132 Å². The Morgan fingerprint density at radius 1 is 1.27 bits per heavy atom. The van der Waals surface area contributed by atoms with Gasteiger partial charge in [0.15, 0.2) is 9.84 Å². The summed E-state index contributed by atoms with van der Waals surface area (Å²) in [5.41, 5.74) is 2.22. The molecule has 0 bridgehead atoms. The fraction of sp³-hybridized carbons (Fsp3) is 0.562. The van der Waals surface area contributed by atoms with E-state index < -0.39 is 9.84 Å². The molecule has 0 aromatic heterocycles. The molecule has 1 aromatic carbocycles. The second-order valence-corrected chi connectivity index (χ2v) is 8.52. The van der Waals surface area contributed by atoms with Crippen molar-refractivity contribution in [3.8, 4) is 0 Å². The number of hydrogen-bond acceptors (Lipinski definition) is 3. The SMILES string of the molecule is Cc1ccccc1[C@H](NC(=O)N[C@H]1CCS(=O)(=O)C1)C(C)C. The summed E-state index contributed by atoms with van der Waals surface area (Å²) in [4.78, 5) is 12.2. The number of urea groups is 1. The largest absolute Gasteiger partial charge is 0.334 e. The fourth-order valence-electron chi connectivity index (χ4n) is 2.82. The van der Waals surface area contributed by atoms with Gasteiger partial charge in [0.1, 0.15) is 0 Å². The smallest absolute Gasteiger partial charge is 0.315 e.